The number of carbonyl (C=O) groups excluding carboxylic acids is 1. The summed E-state index contributed by atoms with van der Waals surface area (Å²) in [7, 11) is 4.09. The van der Waals surface area contributed by atoms with E-state index in [4.69, 9.17) is 0 Å². The van der Waals surface area contributed by atoms with Crippen LogP contribution in [-0.2, 0) is 4.79 Å². The van der Waals surface area contributed by atoms with Crippen LogP contribution in [0.3, 0.4) is 0 Å². The quantitative estimate of drug-likeness (QED) is 0.681. The number of rotatable bonds is 8. The minimum atomic E-state index is 0.183. The molecule has 0 unspecified atom stereocenters. The first-order chi connectivity index (χ1) is 9.15. The smallest absolute Gasteiger partial charge is 0.236 e. The molecule has 1 rings (SSSR count). The van der Waals surface area contributed by atoms with Gasteiger partial charge in [0.15, 0.2) is 0 Å². The molecule has 0 radical (unpaired) electrons. The van der Waals surface area contributed by atoms with Crippen LogP contribution >= 0.6 is 0 Å². The summed E-state index contributed by atoms with van der Waals surface area (Å²) in [5, 5.41) is 3.24. The minimum Gasteiger partial charge on any atom is -0.345 e. The van der Waals surface area contributed by atoms with Gasteiger partial charge in [-0.3, -0.25) is 4.79 Å². The third-order valence-electron chi connectivity index (χ3n) is 4.24. The molecular formula is C15H31N3O. The van der Waals surface area contributed by atoms with Crippen molar-refractivity contribution in [2.45, 2.75) is 51.5 Å². The van der Waals surface area contributed by atoms with E-state index in [2.05, 4.69) is 17.3 Å². The molecular weight excluding hydrogens is 238 g/mol. The third-order valence-corrected chi connectivity index (χ3v) is 4.24. The van der Waals surface area contributed by atoms with E-state index in [0.717, 1.165) is 32.1 Å². The fraction of sp³-hybridized carbons (Fsp3) is 0.933. The van der Waals surface area contributed by atoms with Gasteiger partial charge in [0.1, 0.15) is 0 Å². The molecule has 0 aliphatic heterocycles. The number of amides is 1. The molecule has 0 aromatic heterocycles. The van der Waals surface area contributed by atoms with Crippen molar-refractivity contribution in [2.24, 2.45) is 0 Å². The maximum absolute atomic E-state index is 11.6. The van der Waals surface area contributed by atoms with Crippen LogP contribution in [0.2, 0.25) is 0 Å². The first kappa shape index (κ1) is 16.4. The molecule has 4 nitrogen and oxygen atoms in total. The summed E-state index contributed by atoms with van der Waals surface area (Å²) in [6.45, 7) is 5.31. The lowest BCUT2D eigenvalue weighted by Crippen LogP contribution is -2.37. The van der Waals surface area contributed by atoms with E-state index in [1.807, 2.05) is 14.0 Å². The molecule has 4 heteroatoms. The van der Waals surface area contributed by atoms with Gasteiger partial charge in [-0.25, -0.2) is 0 Å². The Kier molecular flexibility index (Phi) is 8.07. The number of nitrogens with zero attached hydrogens (tertiary/aromatic N) is 2. The van der Waals surface area contributed by atoms with E-state index in [1.165, 1.54) is 32.1 Å². The average Bonchev–Trinajstić information content (AvgIpc) is 2.46. The molecule has 1 N–H and O–H groups in total. The summed E-state index contributed by atoms with van der Waals surface area (Å²) in [5.41, 5.74) is 0. The van der Waals surface area contributed by atoms with Crippen molar-refractivity contribution in [3.05, 3.63) is 0 Å². The summed E-state index contributed by atoms with van der Waals surface area (Å²) in [4.78, 5) is 15.8. The van der Waals surface area contributed by atoms with Crippen LogP contribution in [0.1, 0.15) is 45.4 Å². The highest BCUT2D eigenvalue weighted by Crippen LogP contribution is 2.21. The van der Waals surface area contributed by atoms with Gasteiger partial charge in [0, 0.05) is 19.6 Å². The second-order valence-corrected chi connectivity index (χ2v) is 5.71. The Morgan fingerprint density at radius 2 is 1.89 bits per heavy atom. The highest BCUT2D eigenvalue weighted by molar-refractivity contribution is 5.77. The number of hydrogen-bond acceptors (Lipinski definition) is 3. The molecule has 0 bridgehead atoms. The molecule has 112 valence electrons. The lowest BCUT2D eigenvalue weighted by Gasteiger charge is -2.31. The molecule has 1 aliphatic carbocycles. The fourth-order valence-electron chi connectivity index (χ4n) is 2.66. The minimum absolute atomic E-state index is 0.183. The molecule has 19 heavy (non-hydrogen) atoms. The van der Waals surface area contributed by atoms with Gasteiger partial charge in [-0.15, -0.1) is 0 Å². The van der Waals surface area contributed by atoms with Crippen LogP contribution in [0.4, 0.5) is 0 Å². The number of likely N-dealkylation sites (N-methyl/N-ethyl adjacent to an activating group) is 1. The Bertz CT molecular complexity index is 252. The van der Waals surface area contributed by atoms with Crippen LogP contribution in [0, 0.1) is 0 Å². The number of carbonyl (C=O) groups is 1. The zero-order chi connectivity index (χ0) is 14.1. The topological polar surface area (TPSA) is 35.6 Å². The summed E-state index contributed by atoms with van der Waals surface area (Å²) >= 11 is 0. The predicted molar refractivity (Wildman–Crippen MR) is 80.3 cm³/mol. The summed E-state index contributed by atoms with van der Waals surface area (Å²) < 4.78 is 0. The Labute approximate surface area is 118 Å². The normalized spacial score (nSPS) is 16.8. The first-order valence-electron chi connectivity index (χ1n) is 7.80. The van der Waals surface area contributed by atoms with Crippen molar-refractivity contribution in [3.8, 4) is 0 Å². The fourth-order valence-corrected chi connectivity index (χ4v) is 2.66. The van der Waals surface area contributed by atoms with Gasteiger partial charge in [0.2, 0.25) is 5.91 Å². The van der Waals surface area contributed by atoms with Crippen molar-refractivity contribution < 1.29 is 4.79 Å². The molecule has 1 fully saturated rings. The Morgan fingerprint density at radius 3 is 2.53 bits per heavy atom. The van der Waals surface area contributed by atoms with E-state index in [1.54, 1.807) is 4.90 Å². The van der Waals surface area contributed by atoms with Gasteiger partial charge in [0.05, 0.1) is 6.54 Å². The van der Waals surface area contributed by atoms with E-state index < -0.39 is 0 Å². The van der Waals surface area contributed by atoms with Crippen molar-refractivity contribution in [2.75, 3.05) is 40.3 Å². The third kappa shape index (κ3) is 6.39. The molecule has 0 atom stereocenters. The maximum Gasteiger partial charge on any atom is 0.236 e. The lowest BCUT2D eigenvalue weighted by molar-refractivity contribution is -0.128. The standard InChI is InChI=1S/C15H31N3O/c1-4-17(2)15(19)13-16-11-8-12-18(3)14-9-6-5-7-10-14/h14,16H,4-13H2,1-3H3. The van der Waals surface area contributed by atoms with E-state index in [-0.39, 0.29) is 5.91 Å². The van der Waals surface area contributed by atoms with Crippen LogP contribution in [0.15, 0.2) is 0 Å². The number of nitrogens with one attached hydrogen (secondary N) is 1. The SMILES string of the molecule is CCN(C)C(=O)CNCCCN(C)C1CCCCC1. The summed E-state index contributed by atoms with van der Waals surface area (Å²) in [6, 6.07) is 0.793. The Morgan fingerprint density at radius 1 is 1.21 bits per heavy atom. The molecule has 0 aromatic rings. The zero-order valence-electron chi connectivity index (χ0n) is 13.0. The molecule has 1 saturated carbocycles. The summed E-state index contributed by atoms with van der Waals surface area (Å²) in [5.74, 6) is 0.183. The molecule has 1 aliphatic rings. The van der Waals surface area contributed by atoms with Gasteiger partial charge in [-0.1, -0.05) is 19.3 Å². The van der Waals surface area contributed by atoms with Gasteiger partial charge >= 0.3 is 0 Å². The van der Waals surface area contributed by atoms with Crippen molar-refractivity contribution in [1.82, 2.24) is 15.1 Å². The highest BCUT2D eigenvalue weighted by Gasteiger charge is 2.17. The van der Waals surface area contributed by atoms with E-state index in [9.17, 15) is 4.79 Å². The Balaban J connectivity index is 2.02. The predicted octanol–water partition coefficient (Wildman–Crippen LogP) is 1.71. The van der Waals surface area contributed by atoms with Crippen molar-refractivity contribution in [1.29, 1.82) is 0 Å². The monoisotopic (exact) mass is 269 g/mol. The first-order valence-corrected chi connectivity index (χ1v) is 7.80. The molecule has 0 spiro atoms. The summed E-state index contributed by atoms with van der Waals surface area (Å²) in [6.07, 6.45) is 8.05. The lowest BCUT2D eigenvalue weighted by atomic mass is 9.94. The number of hydrogen-bond donors (Lipinski definition) is 1. The molecule has 1 amide bonds. The second kappa shape index (κ2) is 9.32. The van der Waals surface area contributed by atoms with Crippen LogP contribution in [0.5, 0.6) is 0 Å². The van der Waals surface area contributed by atoms with Crippen LogP contribution in [0.25, 0.3) is 0 Å². The Hall–Kier alpha value is -0.610. The largest absolute Gasteiger partial charge is 0.345 e. The second-order valence-electron chi connectivity index (χ2n) is 5.71. The highest BCUT2D eigenvalue weighted by atomic mass is 16.2. The molecule has 0 saturated heterocycles. The molecule has 0 heterocycles. The van der Waals surface area contributed by atoms with Gasteiger partial charge in [-0.05, 0) is 46.3 Å². The van der Waals surface area contributed by atoms with Crippen molar-refractivity contribution >= 4 is 5.91 Å². The zero-order valence-corrected chi connectivity index (χ0v) is 13.0. The van der Waals surface area contributed by atoms with Gasteiger partial charge in [-0.2, -0.15) is 0 Å². The van der Waals surface area contributed by atoms with Crippen LogP contribution < -0.4 is 5.32 Å². The maximum atomic E-state index is 11.6. The average molecular weight is 269 g/mol. The van der Waals surface area contributed by atoms with Crippen LogP contribution in [-0.4, -0.2) is 62.0 Å². The van der Waals surface area contributed by atoms with Crippen molar-refractivity contribution in [3.63, 3.8) is 0 Å². The van der Waals surface area contributed by atoms with Gasteiger partial charge in [0.25, 0.3) is 0 Å². The molecule has 0 aromatic carbocycles. The van der Waals surface area contributed by atoms with E-state index in [0.29, 0.717) is 6.54 Å². The van der Waals surface area contributed by atoms with E-state index >= 15 is 0 Å². The van der Waals surface area contributed by atoms with Gasteiger partial charge < -0.3 is 15.1 Å².